The predicted octanol–water partition coefficient (Wildman–Crippen LogP) is 1.53. The molecular formula is C14H19IN2O2. The van der Waals surface area contributed by atoms with Gasteiger partial charge < -0.3 is 10.0 Å². The van der Waals surface area contributed by atoms with Crippen molar-refractivity contribution in [1.82, 2.24) is 9.80 Å². The van der Waals surface area contributed by atoms with E-state index in [1.54, 1.807) is 0 Å². The van der Waals surface area contributed by atoms with E-state index in [4.69, 9.17) is 0 Å². The fourth-order valence-corrected chi connectivity index (χ4v) is 2.71. The van der Waals surface area contributed by atoms with Crippen LogP contribution in [0.5, 0.6) is 0 Å². The third-order valence-electron chi connectivity index (χ3n) is 3.61. The molecule has 0 amide bonds. The Morgan fingerprint density at radius 3 is 2.37 bits per heavy atom. The van der Waals surface area contributed by atoms with Crippen molar-refractivity contribution < 1.29 is 9.90 Å². The molecule has 4 nitrogen and oxygen atoms in total. The molecule has 104 valence electrons. The summed E-state index contributed by atoms with van der Waals surface area (Å²) < 4.78 is 1.17. The number of halogens is 1. The molecule has 1 aromatic carbocycles. The summed E-state index contributed by atoms with van der Waals surface area (Å²) >= 11 is 2.26. The molecule has 0 aliphatic carbocycles. The second kappa shape index (κ2) is 6.67. The largest absolute Gasteiger partial charge is 0.480 e. The van der Waals surface area contributed by atoms with E-state index in [-0.39, 0.29) is 0 Å². The zero-order valence-corrected chi connectivity index (χ0v) is 13.2. The van der Waals surface area contributed by atoms with Crippen LogP contribution in [0, 0.1) is 3.57 Å². The maximum Gasteiger partial charge on any atom is 0.321 e. The molecule has 1 aromatic rings. The summed E-state index contributed by atoms with van der Waals surface area (Å²) in [4.78, 5) is 15.8. The summed E-state index contributed by atoms with van der Waals surface area (Å²) in [6.07, 6.45) is 0.579. The van der Waals surface area contributed by atoms with Crippen molar-refractivity contribution in [3.63, 3.8) is 0 Å². The minimum Gasteiger partial charge on any atom is -0.480 e. The predicted molar refractivity (Wildman–Crippen MR) is 83.4 cm³/mol. The molecule has 2 rings (SSSR count). The molecule has 1 aliphatic rings. The van der Waals surface area contributed by atoms with Gasteiger partial charge in [0.1, 0.15) is 6.04 Å². The minimum absolute atomic E-state index is 0.409. The van der Waals surface area contributed by atoms with Gasteiger partial charge >= 0.3 is 5.97 Å². The van der Waals surface area contributed by atoms with Crippen molar-refractivity contribution in [3.05, 3.63) is 33.4 Å². The van der Waals surface area contributed by atoms with Gasteiger partial charge in [-0.25, -0.2) is 0 Å². The maximum atomic E-state index is 11.5. The van der Waals surface area contributed by atoms with E-state index >= 15 is 0 Å². The lowest BCUT2D eigenvalue weighted by molar-refractivity contribution is -0.144. The zero-order chi connectivity index (χ0) is 13.8. The number of rotatable bonds is 4. The number of nitrogens with zero attached hydrogens (tertiary/aromatic N) is 2. The summed E-state index contributed by atoms with van der Waals surface area (Å²) in [5.41, 5.74) is 1.09. The summed E-state index contributed by atoms with van der Waals surface area (Å²) in [6.45, 7) is 3.54. The Morgan fingerprint density at radius 2 is 1.84 bits per heavy atom. The third kappa shape index (κ3) is 4.15. The van der Waals surface area contributed by atoms with E-state index in [0.29, 0.717) is 6.42 Å². The van der Waals surface area contributed by atoms with E-state index in [0.717, 1.165) is 31.7 Å². The van der Waals surface area contributed by atoms with Gasteiger partial charge in [0, 0.05) is 29.7 Å². The molecule has 1 fully saturated rings. The van der Waals surface area contributed by atoms with Gasteiger partial charge in [-0.2, -0.15) is 0 Å². The smallest absolute Gasteiger partial charge is 0.321 e. The molecule has 1 saturated heterocycles. The SMILES string of the molecule is CN1CCN([C@@H](Cc2ccc(I)cc2)C(=O)O)CC1. The van der Waals surface area contributed by atoms with Crippen LogP contribution in [0.1, 0.15) is 5.56 Å². The fraction of sp³-hybridized carbons (Fsp3) is 0.500. The molecule has 1 atom stereocenters. The van der Waals surface area contributed by atoms with Crippen LogP contribution in [0.3, 0.4) is 0 Å². The van der Waals surface area contributed by atoms with Crippen molar-refractivity contribution in [3.8, 4) is 0 Å². The van der Waals surface area contributed by atoms with Crippen molar-refractivity contribution in [2.24, 2.45) is 0 Å². The lowest BCUT2D eigenvalue weighted by Crippen LogP contribution is -2.52. The first-order valence-electron chi connectivity index (χ1n) is 6.46. The third-order valence-corrected chi connectivity index (χ3v) is 4.33. The van der Waals surface area contributed by atoms with Gasteiger partial charge in [0.05, 0.1) is 0 Å². The molecule has 0 spiro atoms. The summed E-state index contributed by atoms with van der Waals surface area (Å²) in [6, 6.07) is 7.69. The molecule has 1 N–H and O–H groups in total. The normalized spacial score (nSPS) is 19.3. The molecule has 0 saturated carbocycles. The van der Waals surface area contributed by atoms with E-state index in [1.807, 2.05) is 24.3 Å². The minimum atomic E-state index is -0.719. The van der Waals surface area contributed by atoms with Crippen LogP contribution >= 0.6 is 22.6 Å². The number of carboxylic acid groups (broad SMARTS) is 1. The Morgan fingerprint density at radius 1 is 1.26 bits per heavy atom. The standard InChI is InChI=1S/C14H19IN2O2/c1-16-6-8-17(9-7-16)13(14(18)19)10-11-2-4-12(15)5-3-11/h2-5,13H,6-10H2,1H3,(H,18,19)/t13-/m0/s1. The zero-order valence-electron chi connectivity index (χ0n) is 11.1. The van der Waals surface area contributed by atoms with Gasteiger partial charge in [0.25, 0.3) is 0 Å². The van der Waals surface area contributed by atoms with Gasteiger partial charge in [-0.05, 0) is 53.8 Å². The van der Waals surface area contributed by atoms with E-state index in [9.17, 15) is 9.90 Å². The first-order valence-corrected chi connectivity index (χ1v) is 7.54. The average molecular weight is 374 g/mol. The van der Waals surface area contributed by atoms with Crippen molar-refractivity contribution >= 4 is 28.6 Å². The van der Waals surface area contributed by atoms with Crippen LogP contribution < -0.4 is 0 Å². The quantitative estimate of drug-likeness (QED) is 0.813. The van der Waals surface area contributed by atoms with Crippen molar-refractivity contribution in [2.75, 3.05) is 33.2 Å². The highest BCUT2D eigenvalue weighted by Gasteiger charge is 2.28. The van der Waals surface area contributed by atoms with Crippen LogP contribution in [-0.4, -0.2) is 60.1 Å². The fourth-order valence-electron chi connectivity index (χ4n) is 2.35. The van der Waals surface area contributed by atoms with Crippen LogP contribution in [-0.2, 0) is 11.2 Å². The van der Waals surface area contributed by atoms with Crippen LogP contribution in [0.15, 0.2) is 24.3 Å². The lowest BCUT2D eigenvalue weighted by atomic mass is 10.0. The van der Waals surface area contributed by atoms with Crippen LogP contribution in [0.4, 0.5) is 0 Å². The number of likely N-dealkylation sites (N-methyl/N-ethyl adjacent to an activating group) is 1. The van der Waals surface area contributed by atoms with Gasteiger partial charge in [-0.15, -0.1) is 0 Å². The number of piperazine rings is 1. The second-order valence-electron chi connectivity index (χ2n) is 5.02. The number of carboxylic acids is 1. The average Bonchev–Trinajstić information content (AvgIpc) is 2.39. The molecule has 0 bridgehead atoms. The number of benzene rings is 1. The van der Waals surface area contributed by atoms with Gasteiger partial charge in [0.15, 0.2) is 0 Å². The maximum absolute atomic E-state index is 11.5. The Balaban J connectivity index is 2.04. The molecule has 1 heterocycles. The first-order chi connectivity index (χ1) is 9.06. The van der Waals surface area contributed by atoms with Gasteiger partial charge in [-0.3, -0.25) is 9.69 Å². The highest BCUT2D eigenvalue weighted by Crippen LogP contribution is 2.14. The van der Waals surface area contributed by atoms with Gasteiger partial charge in [-0.1, -0.05) is 12.1 Å². The summed E-state index contributed by atoms with van der Waals surface area (Å²) in [5, 5.41) is 9.45. The molecule has 0 radical (unpaired) electrons. The highest BCUT2D eigenvalue weighted by molar-refractivity contribution is 14.1. The van der Waals surface area contributed by atoms with Crippen LogP contribution in [0.25, 0.3) is 0 Å². The Kier molecular flexibility index (Phi) is 5.18. The molecule has 1 aliphatic heterocycles. The van der Waals surface area contributed by atoms with E-state index in [2.05, 4.69) is 39.4 Å². The van der Waals surface area contributed by atoms with E-state index in [1.165, 1.54) is 3.57 Å². The summed E-state index contributed by atoms with van der Waals surface area (Å²) in [5.74, 6) is -0.719. The molecular weight excluding hydrogens is 355 g/mol. The molecule has 19 heavy (non-hydrogen) atoms. The van der Waals surface area contributed by atoms with Gasteiger partial charge in [0.2, 0.25) is 0 Å². The Hall–Kier alpha value is -0.660. The highest BCUT2D eigenvalue weighted by atomic mass is 127. The topological polar surface area (TPSA) is 43.8 Å². The molecule has 0 aromatic heterocycles. The Labute approximate surface area is 127 Å². The lowest BCUT2D eigenvalue weighted by Gasteiger charge is -2.36. The summed E-state index contributed by atoms with van der Waals surface area (Å²) in [7, 11) is 2.08. The second-order valence-corrected chi connectivity index (χ2v) is 6.27. The monoisotopic (exact) mass is 374 g/mol. The number of carbonyl (C=O) groups is 1. The van der Waals surface area contributed by atoms with Crippen molar-refractivity contribution in [2.45, 2.75) is 12.5 Å². The van der Waals surface area contributed by atoms with Crippen molar-refractivity contribution in [1.29, 1.82) is 0 Å². The number of aliphatic carboxylic acids is 1. The first kappa shape index (κ1) is 14.7. The number of hydrogen-bond donors (Lipinski definition) is 1. The molecule has 5 heteroatoms. The Bertz CT molecular complexity index is 428. The number of hydrogen-bond acceptors (Lipinski definition) is 3. The molecule has 0 unspecified atom stereocenters. The van der Waals surface area contributed by atoms with E-state index < -0.39 is 12.0 Å². The van der Waals surface area contributed by atoms with Crippen LogP contribution in [0.2, 0.25) is 0 Å².